The molecule has 0 aliphatic heterocycles. The lowest BCUT2D eigenvalue weighted by Crippen LogP contribution is -2.38. The van der Waals surface area contributed by atoms with E-state index in [4.69, 9.17) is 9.47 Å². The highest BCUT2D eigenvalue weighted by molar-refractivity contribution is 8.09. The molecule has 0 radical (unpaired) electrons. The standard InChI is InChI=1S/C27H26O7S2/c1-4-19-34-24-18-12-11-17-23(24)25(20(2)26(28)33-3)27(35(29,30)21-13-7-5-8-14-21)36(31,32)22-15-9-6-10-16-22/h4-18,25,27H,1-2,19H2,3H3/t25-/m0/s1. The number of benzene rings is 3. The first-order valence-electron chi connectivity index (χ1n) is 10.8. The monoisotopic (exact) mass is 526 g/mol. The SMILES string of the molecule is C=CCOc1ccccc1[C@H](C(=C)C(=O)OC)C(S(=O)(=O)c1ccccc1)S(=O)(=O)c1ccccc1. The van der Waals surface area contributed by atoms with Gasteiger partial charge in [-0.1, -0.05) is 73.8 Å². The number of carbonyl (C=O) groups excluding carboxylic acids is 1. The largest absolute Gasteiger partial charge is 0.489 e. The predicted octanol–water partition coefficient (Wildman–Crippen LogP) is 4.34. The third kappa shape index (κ3) is 5.42. The number of para-hydroxylation sites is 1. The molecule has 0 N–H and O–H groups in total. The fraction of sp³-hybridized carbons (Fsp3) is 0.148. The number of carbonyl (C=O) groups is 1. The quantitative estimate of drug-likeness (QED) is 0.208. The molecule has 7 nitrogen and oxygen atoms in total. The van der Waals surface area contributed by atoms with E-state index in [1.165, 1.54) is 60.7 Å². The third-order valence-electron chi connectivity index (χ3n) is 5.46. The Kier molecular flexibility index (Phi) is 8.49. The number of sulfone groups is 2. The maximum Gasteiger partial charge on any atom is 0.333 e. The van der Waals surface area contributed by atoms with E-state index in [1.807, 2.05) is 0 Å². The summed E-state index contributed by atoms with van der Waals surface area (Å²) in [5.74, 6) is -2.33. The average molecular weight is 527 g/mol. The zero-order valence-corrected chi connectivity index (χ0v) is 21.2. The van der Waals surface area contributed by atoms with Gasteiger partial charge in [-0.05, 0) is 30.3 Å². The predicted molar refractivity (Wildman–Crippen MR) is 137 cm³/mol. The number of rotatable bonds is 11. The van der Waals surface area contributed by atoms with E-state index in [-0.39, 0.29) is 33.3 Å². The number of ether oxygens (including phenoxy) is 2. The first kappa shape index (κ1) is 26.9. The van der Waals surface area contributed by atoms with Crippen LogP contribution in [-0.4, -0.2) is 41.1 Å². The molecule has 0 amide bonds. The number of esters is 1. The van der Waals surface area contributed by atoms with Crippen LogP contribution in [0, 0.1) is 0 Å². The molecule has 1 atom stereocenters. The van der Waals surface area contributed by atoms with Crippen molar-refractivity contribution in [3.8, 4) is 5.75 Å². The molecule has 0 aliphatic carbocycles. The fourth-order valence-electron chi connectivity index (χ4n) is 3.79. The Morgan fingerprint density at radius 2 is 1.31 bits per heavy atom. The van der Waals surface area contributed by atoms with Gasteiger partial charge in [0, 0.05) is 11.1 Å². The Labute approximate surface area is 211 Å². The summed E-state index contributed by atoms with van der Waals surface area (Å²) in [7, 11) is -8.11. The van der Waals surface area contributed by atoms with Crippen molar-refractivity contribution in [2.45, 2.75) is 20.3 Å². The Morgan fingerprint density at radius 3 is 1.78 bits per heavy atom. The van der Waals surface area contributed by atoms with Crippen LogP contribution in [-0.2, 0) is 29.2 Å². The minimum absolute atomic E-state index is 0.0654. The number of methoxy groups -OCH3 is 1. The van der Waals surface area contributed by atoms with Gasteiger partial charge in [-0.3, -0.25) is 0 Å². The van der Waals surface area contributed by atoms with Gasteiger partial charge in [0.1, 0.15) is 12.4 Å². The highest BCUT2D eigenvalue weighted by Gasteiger charge is 2.49. The molecular formula is C27H26O7S2. The van der Waals surface area contributed by atoms with E-state index in [9.17, 15) is 21.6 Å². The zero-order chi connectivity index (χ0) is 26.3. The van der Waals surface area contributed by atoms with Gasteiger partial charge in [0.25, 0.3) is 0 Å². The molecule has 0 saturated carbocycles. The maximum absolute atomic E-state index is 14.1. The highest BCUT2D eigenvalue weighted by Crippen LogP contribution is 2.43. The molecular weight excluding hydrogens is 500 g/mol. The zero-order valence-electron chi connectivity index (χ0n) is 19.6. The Morgan fingerprint density at radius 1 is 0.833 bits per heavy atom. The molecule has 3 aromatic rings. The minimum atomic E-state index is -4.61. The molecule has 9 heteroatoms. The van der Waals surface area contributed by atoms with Crippen LogP contribution in [0.4, 0.5) is 0 Å². The first-order chi connectivity index (χ1) is 17.2. The second-order valence-corrected chi connectivity index (χ2v) is 12.2. The van der Waals surface area contributed by atoms with Gasteiger partial charge in [-0.25, -0.2) is 21.6 Å². The first-order valence-corrected chi connectivity index (χ1v) is 13.9. The summed E-state index contributed by atoms with van der Waals surface area (Å²) < 4.78 is 64.7. The van der Waals surface area contributed by atoms with Crippen LogP contribution in [0.1, 0.15) is 11.5 Å². The van der Waals surface area contributed by atoms with Crippen LogP contribution in [0.2, 0.25) is 0 Å². The third-order valence-corrected chi connectivity index (χ3v) is 10.6. The molecule has 0 saturated heterocycles. The summed E-state index contributed by atoms with van der Waals surface area (Å²) in [5, 5.41) is 0. The minimum Gasteiger partial charge on any atom is -0.489 e. The second kappa shape index (κ2) is 11.4. The number of hydrogen-bond acceptors (Lipinski definition) is 7. The van der Waals surface area contributed by atoms with Crippen LogP contribution >= 0.6 is 0 Å². The summed E-state index contributed by atoms with van der Waals surface area (Å²) in [6.45, 7) is 7.46. The van der Waals surface area contributed by atoms with Gasteiger partial charge < -0.3 is 9.47 Å². The lowest BCUT2D eigenvalue weighted by atomic mass is 9.92. The van der Waals surface area contributed by atoms with E-state index in [2.05, 4.69) is 13.2 Å². The van der Waals surface area contributed by atoms with Gasteiger partial charge in [0.05, 0.1) is 22.8 Å². The van der Waals surface area contributed by atoms with Crippen LogP contribution in [0.3, 0.4) is 0 Å². The van der Waals surface area contributed by atoms with Gasteiger partial charge in [-0.15, -0.1) is 0 Å². The van der Waals surface area contributed by atoms with Crippen molar-refractivity contribution in [3.05, 3.63) is 115 Å². The fourth-order valence-corrected chi connectivity index (χ4v) is 8.74. The van der Waals surface area contributed by atoms with Crippen LogP contribution in [0.5, 0.6) is 5.75 Å². The van der Waals surface area contributed by atoms with Crippen molar-refractivity contribution >= 4 is 25.6 Å². The van der Waals surface area contributed by atoms with E-state index < -0.39 is 36.1 Å². The highest BCUT2D eigenvalue weighted by atomic mass is 32.3. The summed E-state index contributed by atoms with van der Waals surface area (Å²) in [5.41, 5.74) is -0.199. The summed E-state index contributed by atoms with van der Waals surface area (Å²) in [6.07, 6.45) is 1.49. The van der Waals surface area contributed by atoms with E-state index in [0.29, 0.717) is 0 Å². The van der Waals surface area contributed by atoms with Crippen molar-refractivity contribution < 1.29 is 31.1 Å². The van der Waals surface area contributed by atoms with Gasteiger partial charge in [0.2, 0.25) is 0 Å². The van der Waals surface area contributed by atoms with Gasteiger partial charge in [-0.2, -0.15) is 0 Å². The van der Waals surface area contributed by atoms with Crippen molar-refractivity contribution in [1.82, 2.24) is 0 Å². The van der Waals surface area contributed by atoms with E-state index in [1.54, 1.807) is 30.3 Å². The molecule has 3 rings (SSSR count). The average Bonchev–Trinajstić information content (AvgIpc) is 2.90. The van der Waals surface area contributed by atoms with Gasteiger partial charge >= 0.3 is 5.97 Å². The molecule has 0 spiro atoms. The van der Waals surface area contributed by atoms with Crippen molar-refractivity contribution in [2.24, 2.45) is 0 Å². The normalized spacial score (nSPS) is 12.5. The van der Waals surface area contributed by atoms with Crippen molar-refractivity contribution in [3.63, 3.8) is 0 Å². The molecule has 0 unspecified atom stereocenters. The van der Waals surface area contributed by atoms with Crippen LogP contribution in [0.25, 0.3) is 0 Å². The molecule has 0 bridgehead atoms. The summed E-state index contributed by atoms with van der Waals surface area (Å²) >= 11 is 0. The smallest absolute Gasteiger partial charge is 0.333 e. The van der Waals surface area contributed by atoms with Gasteiger partial charge in [0.15, 0.2) is 24.3 Å². The molecule has 188 valence electrons. The maximum atomic E-state index is 14.1. The van der Waals surface area contributed by atoms with E-state index in [0.717, 1.165) is 7.11 Å². The molecule has 0 aliphatic rings. The molecule has 0 heterocycles. The molecule has 0 aromatic heterocycles. The summed E-state index contributed by atoms with van der Waals surface area (Å²) in [6, 6.07) is 20.7. The second-order valence-electron chi connectivity index (χ2n) is 7.72. The Hall–Kier alpha value is -3.69. The Balaban J connectivity index is 2.41. The lowest BCUT2D eigenvalue weighted by molar-refractivity contribution is -0.136. The summed E-state index contributed by atoms with van der Waals surface area (Å²) in [4.78, 5) is 12.3. The van der Waals surface area contributed by atoms with Crippen LogP contribution in [0.15, 0.2) is 120 Å². The lowest BCUT2D eigenvalue weighted by Gasteiger charge is -2.29. The Bertz CT molecular complexity index is 1380. The molecule has 3 aromatic carbocycles. The molecule has 0 fully saturated rings. The van der Waals surface area contributed by atoms with Crippen molar-refractivity contribution in [1.29, 1.82) is 0 Å². The number of hydrogen-bond donors (Lipinski definition) is 0. The topological polar surface area (TPSA) is 104 Å². The molecule has 36 heavy (non-hydrogen) atoms. The van der Waals surface area contributed by atoms with Crippen molar-refractivity contribution in [2.75, 3.05) is 13.7 Å². The van der Waals surface area contributed by atoms with E-state index >= 15 is 0 Å². The van der Waals surface area contributed by atoms with Crippen LogP contribution < -0.4 is 4.74 Å².